The Hall–Kier alpha value is -1.02. The average molecular weight is 258 g/mol. The third kappa shape index (κ3) is 2.64. The highest BCUT2D eigenvalue weighted by Gasteiger charge is 2.36. The van der Waals surface area contributed by atoms with E-state index >= 15 is 0 Å². The van der Waals surface area contributed by atoms with Crippen molar-refractivity contribution in [2.75, 3.05) is 24.5 Å². The van der Waals surface area contributed by atoms with Crippen molar-refractivity contribution in [3.8, 4) is 0 Å². The Morgan fingerprint density at radius 3 is 2.68 bits per heavy atom. The largest absolute Gasteiger partial charge is 0.368 e. The summed E-state index contributed by atoms with van der Waals surface area (Å²) >= 11 is 0. The molecular formula is C17H26N2. The molecule has 1 aliphatic carbocycles. The lowest BCUT2D eigenvalue weighted by atomic mass is 9.80. The summed E-state index contributed by atoms with van der Waals surface area (Å²) in [5.74, 6) is 0. The molecule has 1 N–H and O–H groups in total. The molecule has 0 unspecified atom stereocenters. The number of rotatable bonds is 1. The predicted molar refractivity (Wildman–Crippen MR) is 81.9 cm³/mol. The summed E-state index contributed by atoms with van der Waals surface area (Å²) < 4.78 is 0. The van der Waals surface area contributed by atoms with Gasteiger partial charge in [0.25, 0.3) is 0 Å². The molecule has 2 nitrogen and oxygen atoms in total. The van der Waals surface area contributed by atoms with Crippen molar-refractivity contribution in [1.29, 1.82) is 0 Å². The molecule has 1 aromatic carbocycles. The van der Waals surface area contributed by atoms with E-state index in [1.807, 2.05) is 0 Å². The first-order valence-electron chi connectivity index (χ1n) is 7.76. The molecule has 1 aliphatic heterocycles. The quantitative estimate of drug-likeness (QED) is 0.830. The predicted octanol–water partition coefficient (Wildman–Crippen LogP) is 3.42. The number of piperazine rings is 1. The minimum absolute atomic E-state index is 0.396. The maximum atomic E-state index is 3.83. The molecule has 2 heteroatoms. The van der Waals surface area contributed by atoms with Crippen molar-refractivity contribution < 1.29 is 0 Å². The highest BCUT2D eigenvalue weighted by molar-refractivity contribution is 5.55. The topological polar surface area (TPSA) is 15.3 Å². The van der Waals surface area contributed by atoms with Crippen LogP contribution in [0.1, 0.15) is 43.2 Å². The van der Waals surface area contributed by atoms with Crippen LogP contribution in [-0.2, 0) is 0 Å². The summed E-state index contributed by atoms with van der Waals surface area (Å²) in [5, 5.41) is 3.83. The molecule has 104 valence electrons. The van der Waals surface area contributed by atoms with E-state index in [-0.39, 0.29) is 0 Å². The Morgan fingerprint density at radius 1 is 1.11 bits per heavy atom. The lowest BCUT2D eigenvalue weighted by molar-refractivity contribution is 0.216. The van der Waals surface area contributed by atoms with E-state index in [2.05, 4.69) is 42.3 Å². The van der Waals surface area contributed by atoms with Gasteiger partial charge >= 0.3 is 0 Å². The Kier molecular flexibility index (Phi) is 3.53. The molecule has 0 bridgehead atoms. The van der Waals surface area contributed by atoms with Crippen LogP contribution in [0.25, 0.3) is 0 Å². The molecule has 2 aliphatic rings. The van der Waals surface area contributed by atoms with E-state index in [4.69, 9.17) is 0 Å². The zero-order valence-corrected chi connectivity index (χ0v) is 12.3. The number of anilines is 1. The number of nitrogens with one attached hydrogen (secondary N) is 1. The minimum atomic E-state index is 0.396. The zero-order valence-electron chi connectivity index (χ0n) is 12.3. The normalized spacial score (nSPS) is 22.7. The number of nitrogens with zero attached hydrogens (tertiary/aromatic N) is 1. The van der Waals surface area contributed by atoms with Crippen LogP contribution >= 0.6 is 0 Å². The summed E-state index contributed by atoms with van der Waals surface area (Å²) in [6.07, 6.45) is 6.93. The lowest BCUT2D eigenvalue weighted by Crippen LogP contribution is -2.61. The van der Waals surface area contributed by atoms with Crippen LogP contribution < -0.4 is 10.2 Å². The van der Waals surface area contributed by atoms with Gasteiger partial charge in [-0.2, -0.15) is 0 Å². The molecule has 1 saturated carbocycles. The molecule has 3 rings (SSSR count). The van der Waals surface area contributed by atoms with Gasteiger partial charge in [-0.15, -0.1) is 0 Å². The molecule has 1 aromatic rings. The fourth-order valence-electron chi connectivity index (χ4n) is 3.79. The van der Waals surface area contributed by atoms with E-state index in [9.17, 15) is 0 Å². The van der Waals surface area contributed by atoms with Crippen molar-refractivity contribution >= 4 is 5.69 Å². The number of aryl methyl sites for hydroxylation is 2. The maximum Gasteiger partial charge on any atom is 0.0399 e. The van der Waals surface area contributed by atoms with Gasteiger partial charge in [0.2, 0.25) is 0 Å². The van der Waals surface area contributed by atoms with Crippen molar-refractivity contribution in [3.05, 3.63) is 29.3 Å². The van der Waals surface area contributed by atoms with Crippen molar-refractivity contribution in [1.82, 2.24) is 5.32 Å². The van der Waals surface area contributed by atoms with Crippen LogP contribution in [0.4, 0.5) is 5.69 Å². The SMILES string of the molecule is Cc1ccc(C)c(N2CCNC3(CCCCC3)C2)c1. The first-order chi connectivity index (χ1) is 9.19. The van der Waals surface area contributed by atoms with Gasteiger partial charge in [0, 0.05) is 30.9 Å². The molecule has 1 saturated heterocycles. The molecular weight excluding hydrogens is 232 g/mol. The van der Waals surface area contributed by atoms with Crippen LogP contribution in [0, 0.1) is 13.8 Å². The maximum absolute atomic E-state index is 3.83. The number of hydrogen-bond donors (Lipinski definition) is 1. The fourth-order valence-corrected chi connectivity index (χ4v) is 3.79. The van der Waals surface area contributed by atoms with Gasteiger partial charge in [0.15, 0.2) is 0 Å². The van der Waals surface area contributed by atoms with Gasteiger partial charge < -0.3 is 10.2 Å². The Bertz CT molecular complexity index is 441. The molecule has 0 aromatic heterocycles. The van der Waals surface area contributed by atoms with Crippen LogP contribution in [0.3, 0.4) is 0 Å². The number of benzene rings is 1. The van der Waals surface area contributed by atoms with Crippen molar-refractivity contribution in [2.24, 2.45) is 0 Å². The Labute approximate surface area is 117 Å². The van der Waals surface area contributed by atoms with Gasteiger partial charge in [0.1, 0.15) is 0 Å². The highest BCUT2D eigenvalue weighted by Crippen LogP contribution is 2.33. The summed E-state index contributed by atoms with van der Waals surface area (Å²) in [7, 11) is 0. The summed E-state index contributed by atoms with van der Waals surface area (Å²) in [4.78, 5) is 2.62. The molecule has 0 amide bonds. The summed E-state index contributed by atoms with van der Waals surface area (Å²) in [6.45, 7) is 7.91. The fraction of sp³-hybridized carbons (Fsp3) is 0.647. The molecule has 2 fully saturated rings. The molecule has 1 spiro atoms. The first-order valence-corrected chi connectivity index (χ1v) is 7.76. The molecule has 0 atom stereocenters. The second-order valence-corrected chi connectivity index (χ2v) is 6.48. The van der Waals surface area contributed by atoms with Gasteiger partial charge in [-0.1, -0.05) is 31.4 Å². The van der Waals surface area contributed by atoms with Gasteiger partial charge in [-0.25, -0.2) is 0 Å². The van der Waals surface area contributed by atoms with Crippen LogP contribution in [0.5, 0.6) is 0 Å². The second kappa shape index (κ2) is 5.16. The minimum Gasteiger partial charge on any atom is -0.368 e. The summed E-state index contributed by atoms with van der Waals surface area (Å²) in [5.41, 5.74) is 4.63. The lowest BCUT2D eigenvalue weighted by Gasteiger charge is -2.47. The highest BCUT2D eigenvalue weighted by atomic mass is 15.2. The molecule has 0 radical (unpaired) electrons. The first kappa shape index (κ1) is 13.0. The average Bonchev–Trinajstić information content (AvgIpc) is 2.42. The van der Waals surface area contributed by atoms with Crippen molar-refractivity contribution in [2.45, 2.75) is 51.5 Å². The third-order valence-electron chi connectivity index (χ3n) is 4.89. The molecule has 1 heterocycles. The molecule has 19 heavy (non-hydrogen) atoms. The summed E-state index contributed by atoms with van der Waals surface area (Å²) in [6, 6.07) is 6.84. The van der Waals surface area contributed by atoms with Crippen LogP contribution in [0.2, 0.25) is 0 Å². The number of hydrogen-bond acceptors (Lipinski definition) is 2. The smallest absolute Gasteiger partial charge is 0.0399 e. The van der Waals surface area contributed by atoms with Gasteiger partial charge in [-0.3, -0.25) is 0 Å². The van der Waals surface area contributed by atoms with E-state index in [1.165, 1.54) is 55.5 Å². The van der Waals surface area contributed by atoms with E-state index < -0.39 is 0 Å². The Balaban J connectivity index is 1.82. The van der Waals surface area contributed by atoms with Gasteiger partial charge in [-0.05, 0) is 43.9 Å². The third-order valence-corrected chi connectivity index (χ3v) is 4.89. The monoisotopic (exact) mass is 258 g/mol. The van der Waals surface area contributed by atoms with E-state index in [1.54, 1.807) is 0 Å². The van der Waals surface area contributed by atoms with Crippen LogP contribution in [-0.4, -0.2) is 25.2 Å². The van der Waals surface area contributed by atoms with Gasteiger partial charge in [0.05, 0.1) is 0 Å². The van der Waals surface area contributed by atoms with E-state index in [0.29, 0.717) is 5.54 Å². The van der Waals surface area contributed by atoms with Crippen LogP contribution in [0.15, 0.2) is 18.2 Å². The zero-order chi connectivity index (χ0) is 13.3. The van der Waals surface area contributed by atoms with Crippen molar-refractivity contribution in [3.63, 3.8) is 0 Å². The Morgan fingerprint density at radius 2 is 1.89 bits per heavy atom. The standard InChI is InChI=1S/C17H26N2/c1-14-6-7-15(2)16(12-14)19-11-10-18-17(13-19)8-4-3-5-9-17/h6-7,12,18H,3-5,8-11,13H2,1-2H3. The van der Waals surface area contributed by atoms with E-state index in [0.717, 1.165) is 13.1 Å². The second-order valence-electron chi connectivity index (χ2n) is 6.48.